The fourth-order valence-corrected chi connectivity index (χ4v) is 1.69. The quantitative estimate of drug-likeness (QED) is 0.258. The maximum Gasteiger partial charge on any atom is 0.0703 e. The first kappa shape index (κ1) is 25.7. The van der Waals surface area contributed by atoms with Gasteiger partial charge >= 0.3 is 0 Å². The Bertz CT molecular complexity index is 253. The summed E-state index contributed by atoms with van der Waals surface area (Å²) in [6.45, 7) is 12.0. The van der Waals surface area contributed by atoms with Crippen LogP contribution in [0.4, 0.5) is 0 Å². The highest BCUT2D eigenvalue weighted by Gasteiger charge is 1.95. The lowest BCUT2D eigenvalue weighted by Crippen LogP contribution is -2.15. The van der Waals surface area contributed by atoms with Gasteiger partial charge in [-0.1, -0.05) is 0 Å². The maximum absolute atomic E-state index is 5.40. The van der Waals surface area contributed by atoms with E-state index >= 15 is 0 Å². The molecular formula is C18H38O8. The van der Waals surface area contributed by atoms with Crippen molar-refractivity contribution in [1.29, 1.82) is 0 Å². The van der Waals surface area contributed by atoms with E-state index in [1.54, 1.807) is 7.11 Å². The van der Waals surface area contributed by atoms with Crippen LogP contribution in [0.2, 0.25) is 0 Å². The zero-order valence-electron chi connectivity index (χ0n) is 16.7. The van der Waals surface area contributed by atoms with Crippen molar-refractivity contribution in [3.8, 4) is 0 Å². The van der Waals surface area contributed by atoms with Crippen LogP contribution in [0, 0.1) is 0 Å². The topological polar surface area (TPSA) is 73.8 Å². The molecule has 0 unspecified atom stereocenters. The van der Waals surface area contributed by atoms with Gasteiger partial charge in [0.1, 0.15) is 0 Å². The molecule has 0 aromatic rings. The van der Waals surface area contributed by atoms with Crippen molar-refractivity contribution in [2.75, 3.05) is 99.6 Å². The summed E-state index contributed by atoms with van der Waals surface area (Å²) in [5.41, 5.74) is 0. The monoisotopic (exact) mass is 382 g/mol. The Kier molecular flexibility index (Phi) is 22.4. The first-order chi connectivity index (χ1) is 12.8. The van der Waals surface area contributed by atoms with Crippen LogP contribution in [-0.2, 0) is 37.9 Å². The second-order valence-corrected chi connectivity index (χ2v) is 5.59. The van der Waals surface area contributed by atoms with Crippen LogP contribution in [0.25, 0.3) is 0 Å². The van der Waals surface area contributed by atoms with Crippen molar-refractivity contribution in [1.82, 2.24) is 0 Å². The van der Waals surface area contributed by atoms with E-state index in [9.17, 15) is 0 Å². The average Bonchev–Trinajstić information content (AvgIpc) is 2.62. The van der Waals surface area contributed by atoms with Crippen molar-refractivity contribution in [2.24, 2.45) is 0 Å². The number of hydrogen-bond donors (Lipinski definition) is 0. The standard InChI is InChI=1S/C18H38O8/c1-18(2)26-17-16-25-15-14-24-13-12-23-11-10-22-9-8-21-7-6-20-5-4-19-3/h18H,4-17H2,1-3H3. The second kappa shape index (κ2) is 22.7. The van der Waals surface area contributed by atoms with Crippen molar-refractivity contribution < 1.29 is 37.9 Å². The van der Waals surface area contributed by atoms with Crippen molar-refractivity contribution in [2.45, 2.75) is 20.0 Å². The molecule has 0 aromatic carbocycles. The smallest absolute Gasteiger partial charge is 0.0703 e. The molecule has 8 heteroatoms. The molecular weight excluding hydrogens is 344 g/mol. The van der Waals surface area contributed by atoms with E-state index in [2.05, 4.69) is 0 Å². The normalized spacial score (nSPS) is 11.5. The van der Waals surface area contributed by atoms with E-state index in [0.29, 0.717) is 92.5 Å². The summed E-state index contributed by atoms with van der Waals surface area (Å²) in [5.74, 6) is 0. The lowest BCUT2D eigenvalue weighted by atomic mass is 10.5. The molecule has 0 rings (SSSR count). The van der Waals surface area contributed by atoms with Crippen molar-refractivity contribution in [3.05, 3.63) is 0 Å². The molecule has 26 heavy (non-hydrogen) atoms. The van der Waals surface area contributed by atoms with Crippen LogP contribution in [0.5, 0.6) is 0 Å². The minimum atomic E-state index is 0.245. The number of methoxy groups -OCH3 is 1. The third kappa shape index (κ3) is 23.7. The predicted octanol–water partition coefficient (Wildman–Crippen LogP) is 1.16. The van der Waals surface area contributed by atoms with E-state index < -0.39 is 0 Å². The Morgan fingerprint density at radius 2 is 0.692 bits per heavy atom. The zero-order valence-corrected chi connectivity index (χ0v) is 16.7. The minimum absolute atomic E-state index is 0.245. The minimum Gasteiger partial charge on any atom is -0.382 e. The van der Waals surface area contributed by atoms with Gasteiger partial charge in [-0.15, -0.1) is 0 Å². The highest BCUT2D eigenvalue weighted by molar-refractivity contribution is 4.38. The van der Waals surface area contributed by atoms with Gasteiger partial charge in [0, 0.05) is 7.11 Å². The Morgan fingerprint density at radius 1 is 0.423 bits per heavy atom. The lowest BCUT2D eigenvalue weighted by molar-refractivity contribution is -0.0248. The molecule has 0 amide bonds. The second-order valence-electron chi connectivity index (χ2n) is 5.59. The third-order valence-electron chi connectivity index (χ3n) is 2.97. The molecule has 0 heterocycles. The first-order valence-electron chi connectivity index (χ1n) is 9.34. The molecule has 0 radical (unpaired) electrons. The predicted molar refractivity (Wildman–Crippen MR) is 97.9 cm³/mol. The molecule has 0 spiro atoms. The van der Waals surface area contributed by atoms with Crippen LogP contribution >= 0.6 is 0 Å². The van der Waals surface area contributed by atoms with Gasteiger partial charge in [0.05, 0.1) is 98.6 Å². The molecule has 0 aliphatic rings. The average molecular weight is 382 g/mol. The molecule has 0 saturated heterocycles. The molecule has 0 atom stereocenters. The van der Waals surface area contributed by atoms with Crippen molar-refractivity contribution in [3.63, 3.8) is 0 Å². The summed E-state index contributed by atoms with van der Waals surface area (Å²) in [4.78, 5) is 0. The lowest BCUT2D eigenvalue weighted by Gasteiger charge is -2.09. The largest absolute Gasteiger partial charge is 0.382 e. The fraction of sp³-hybridized carbons (Fsp3) is 1.00. The van der Waals surface area contributed by atoms with E-state index in [1.165, 1.54) is 0 Å². The molecule has 0 saturated carbocycles. The first-order valence-corrected chi connectivity index (χ1v) is 9.34. The summed E-state index contributed by atoms with van der Waals surface area (Å²) < 4.78 is 42.4. The van der Waals surface area contributed by atoms with Gasteiger partial charge in [0.15, 0.2) is 0 Å². The molecule has 0 aromatic heterocycles. The Morgan fingerprint density at radius 3 is 0.962 bits per heavy atom. The van der Waals surface area contributed by atoms with E-state index in [0.717, 1.165) is 0 Å². The highest BCUT2D eigenvalue weighted by Crippen LogP contribution is 1.88. The summed E-state index contributed by atoms with van der Waals surface area (Å²) in [6.07, 6.45) is 0.245. The van der Waals surface area contributed by atoms with Crippen LogP contribution in [-0.4, -0.2) is 106 Å². The molecule has 0 aliphatic heterocycles. The van der Waals surface area contributed by atoms with Gasteiger partial charge in [0.25, 0.3) is 0 Å². The SMILES string of the molecule is COCCOCCOCCOCCOCCOCCOCCOC(C)C. The number of rotatable bonds is 22. The molecule has 0 fully saturated rings. The van der Waals surface area contributed by atoms with Crippen LogP contribution < -0.4 is 0 Å². The Labute approximate surface area is 158 Å². The van der Waals surface area contributed by atoms with Crippen LogP contribution in [0.1, 0.15) is 13.8 Å². The molecule has 158 valence electrons. The zero-order chi connectivity index (χ0) is 19.1. The number of hydrogen-bond acceptors (Lipinski definition) is 8. The Balaban J connectivity index is 2.97. The fourth-order valence-electron chi connectivity index (χ4n) is 1.69. The summed E-state index contributed by atoms with van der Waals surface area (Å²) >= 11 is 0. The van der Waals surface area contributed by atoms with Gasteiger partial charge in [-0.3, -0.25) is 0 Å². The van der Waals surface area contributed by atoms with Crippen molar-refractivity contribution >= 4 is 0 Å². The van der Waals surface area contributed by atoms with E-state index in [4.69, 9.17) is 37.9 Å². The van der Waals surface area contributed by atoms with E-state index in [-0.39, 0.29) is 6.10 Å². The molecule has 0 N–H and O–H groups in total. The molecule has 0 bridgehead atoms. The van der Waals surface area contributed by atoms with Gasteiger partial charge in [0.2, 0.25) is 0 Å². The third-order valence-corrected chi connectivity index (χ3v) is 2.97. The molecule has 8 nitrogen and oxygen atoms in total. The molecule has 0 aliphatic carbocycles. The highest BCUT2D eigenvalue weighted by atomic mass is 16.6. The van der Waals surface area contributed by atoms with Gasteiger partial charge in [-0.05, 0) is 13.8 Å². The van der Waals surface area contributed by atoms with Crippen LogP contribution in [0.15, 0.2) is 0 Å². The van der Waals surface area contributed by atoms with E-state index in [1.807, 2.05) is 13.8 Å². The number of ether oxygens (including phenoxy) is 8. The summed E-state index contributed by atoms with van der Waals surface area (Å²) in [6, 6.07) is 0. The van der Waals surface area contributed by atoms with Crippen LogP contribution in [0.3, 0.4) is 0 Å². The van der Waals surface area contributed by atoms with Gasteiger partial charge < -0.3 is 37.9 Å². The van der Waals surface area contributed by atoms with Gasteiger partial charge in [-0.2, -0.15) is 0 Å². The maximum atomic E-state index is 5.40. The Hall–Kier alpha value is -0.320. The van der Waals surface area contributed by atoms with Gasteiger partial charge in [-0.25, -0.2) is 0 Å². The summed E-state index contributed by atoms with van der Waals surface area (Å²) in [5, 5.41) is 0. The summed E-state index contributed by atoms with van der Waals surface area (Å²) in [7, 11) is 1.65.